The normalized spacial score (nSPS) is 17.1. The van der Waals surface area contributed by atoms with Gasteiger partial charge in [-0.15, -0.1) is 0 Å². The van der Waals surface area contributed by atoms with Gasteiger partial charge in [0.1, 0.15) is 5.52 Å². The summed E-state index contributed by atoms with van der Waals surface area (Å²) in [6.07, 6.45) is 2.52. The third-order valence-electron chi connectivity index (χ3n) is 4.44. The molecule has 1 N–H and O–H groups in total. The summed E-state index contributed by atoms with van der Waals surface area (Å²) in [5, 5.41) is 0.770. The van der Waals surface area contributed by atoms with E-state index in [-0.39, 0.29) is 17.8 Å². The summed E-state index contributed by atoms with van der Waals surface area (Å²) >= 11 is 12.2. The molecule has 0 saturated carbocycles. The number of pyridine rings is 1. The SMILES string of the molecule is C[C@@H]1c2cccnc2CCN1C(=O)c1nc2c(Cl)c(Cl)ccc2[nH]1. The summed E-state index contributed by atoms with van der Waals surface area (Å²) in [4.78, 5) is 26.5. The number of amides is 1. The molecule has 24 heavy (non-hydrogen) atoms. The second-order valence-electron chi connectivity index (χ2n) is 5.81. The molecule has 122 valence electrons. The molecular weight excluding hydrogens is 347 g/mol. The first-order valence-corrected chi connectivity index (χ1v) is 8.40. The number of carbonyl (C=O) groups is 1. The van der Waals surface area contributed by atoms with Gasteiger partial charge >= 0.3 is 0 Å². The second-order valence-corrected chi connectivity index (χ2v) is 6.59. The minimum absolute atomic E-state index is 0.0535. The molecule has 1 aliphatic rings. The molecule has 0 aliphatic carbocycles. The van der Waals surface area contributed by atoms with E-state index in [0.29, 0.717) is 27.6 Å². The molecular formula is C17H14Cl2N4O. The molecule has 0 unspecified atom stereocenters. The first kappa shape index (κ1) is 15.4. The largest absolute Gasteiger partial charge is 0.334 e. The smallest absolute Gasteiger partial charge is 0.290 e. The lowest BCUT2D eigenvalue weighted by Crippen LogP contribution is -2.39. The van der Waals surface area contributed by atoms with Crippen LogP contribution in [0.5, 0.6) is 0 Å². The number of nitrogens with one attached hydrogen (secondary N) is 1. The van der Waals surface area contributed by atoms with Crippen molar-refractivity contribution in [2.45, 2.75) is 19.4 Å². The summed E-state index contributed by atoms with van der Waals surface area (Å²) in [5.74, 6) is 0.119. The van der Waals surface area contributed by atoms with Crippen molar-refractivity contribution in [3.05, 3.63) is 57.6 Å². The van der Waals surface area contributed by atoms with Gasteiger partial charge in [-0.3, -0.25) is 9.78 Å². The Labute approximate surface area is 148 Å². The lowest BCUT2D eigenvalue weighted by molar-refractivity contribution is 0.0665. The number of rotatable bonds is 1. The quantitative estimate of drug-likeness (QED) is 0.712. The van der Waals surface area contributed by atoms with Crippen LogP contribution in [0.25, 0.3) is 11.0 Å². The Balaban J connectivity index is 1.71. The van der Waals surface area contributed by atoms with Crippen LogP contribution in [0.2, 0.25) is 10.0 Å². The molecule has 2 aromatic heterocycles. The monoisotopic (exact) mass is 360 g/mol. The van der Waals surface area contributed by atoms with E-state index in [9.17, 15) is 4.79 Å². The Morgan fingerprint density at radius 2 is 2.17 bits per heavy atom. The molecule has 3 aromatic rings. The fourth-order valence-electron chi connectivity index (χ4n) is 3.16. The predicted molar refractivity (Wildman–Crippen MR) is 93.5 cm³/mol. The molecule has 1 amide bonds. The van der Waals surface area contributed by atoms with Crippen LogP contribution in [0.3, 0.4) is 0 Å². The van der Waals surface area contributed by atoms with E-state index in [1.165, 1.54) is 0 Å². The molecule has 0 spiro atoms. The number of carbonyl (C=O) groups excluding carboxylic acids is 1. The standard InChI is InChI=1S/C17H14Cl2N4O/c1-9-10-3-2-7-20-12(10)6-8-23(9)17(24)16-21-13-5-4-11(18)14(19)15(13)22-16/h2-5,7,9H,6,8H2,1H3,(H,21,22)/t9-/m1/s1. The maximum atomic E-state index is 12.9. The number of halogens is 2. The number of aromatic amines is 1. The summed E-state index contributed by atoms with van der Waals surface area (Å²) in [6.45, 7) is 2.61. The highest BCUT2D eigenvalue weighted by Gasteiger charge is 2.30. The highest BCUT2D eigenvalue weighted by atomic mass is 35.5. The molecule has 0 fully saturated rings. The maximum Gasteiger partial charge on any atom is 0.290 e. The van der Waals surface area contributed by atoms with Crippen molar-refractivity contribution in [3.63, 3.8) is 0 Å². The molecule has 1 aromatic carbocycles. The molecule has 3 heterocycles. The van der Waals surface area contributed by atoms with Gasteiger partial charge in [0.25, 0.3) is 5.91 Å². The zero-order valence-corrected chi connectivity index (χ0v) is 14.4. The van der Waals surface area contributed by atoms with Crippen LogP contribution in [0.1, 0.15) is 34.8 Å². The van der Waals surface area contributed by atoms with Gasteiger partial charge < -0.3 is 9.88 Å². The minimum atomic E-state index is -0.152. The summed E-state index contributed by atoms with van der Waals surface area (Å²) < 4.78 is 0. The average Bonchev–Trinajstić information content (AvgIpc) is 3.03. The summed E-state index contributed by atoms with van der Waals surface area (Å²) in [7, 11) is 0. The van der Waals surface area contributed by atoms with Crippen LogP contribution in [0.4, 0.5) is 0 Å². The third kappa shape index (κ3) is 2.36. The molecule has 1 atom stereocenters. The topological polar surface area (TPSA) is 61.9 Å². The number of aromatic nitrogens is 3. The van der Waals surface area contributed by atoms with E-state index >= 15 is 0 Å². The van der Waals surface area contributed by atoms with Gasteiger partial charge in [-0.25, -0.2) is 4.98 Å². The number of fused-ring (bicyclic) bond motifs is 2. The zero-order chi connectivity index (χ0) is 16.8. The van der Waals surface area contributed by atoms with Crippen molar-refractivity contribution in [2.24, 2.45) is 0 Å². The van der Waals surface area contributed by atoms with Gasteiger partial charge in [0.2, 0.25) is 0 Å². The number of hydrogen-bond acceptors (Lipinski definition) is 3. The van der Waals surface area contributed by atoms with Crippen LogP contribution in [-0.4, -0.2) is 32.3 Å². The molecule has 5 nitrogen and oxygen atoms in total. The van der Waals surface area contributed by atoms with Crippen molar-refractivity contribution < 1.29 is 4.79 Å². The maximum absolute atomic E-state index is 12.9. The Bertz CT molecular complexity index is 953. The number of nitrogens with zero attached hydrogens (tertiary/aromatic N) is 3. The van der Waals surface area contributed by atoms with Gasteiger partial charge in [-0.05, 0) is 30.7 Å². The predicted octanol–water partition coefficient (Wildman–Crippen LogP) is 4.02. The van der Waals surface area contributed by atoms with Gasteiger partial charge in [-0.1, -0.05) is 29.3 Å². The number of H-pyrrole nitrogens is 1. The van der Waals surface area contributed by atoms with E-state index in [2.05, 4.69) is 15.0 Å². The van der Waals surface area contributed by atoms with E-state index in [4.69, 9.17) is 23.2 Å². The van der Waals surface area contributed by atoms with Gasteiger partial charge in [0.15, 0.2) is 5.82 Å². The summed E-state index contributed by atoms with van der Waals surface area (Å²) in [6, 6.07) is 7.31. The first-order chi connectivity index (χ1) is 11.6. The Morgan fingerprint density at radius 3 is 3.00 bits per heavy atom. The molecule has 1 aliphatic heterocycles. The summed E-state index contributed by atoms with van der Waals surface area (Å²) in [5.41, 5.74) is 3.33. The van der Waals surface area contributed by atoms with E-state index in [1.54, 1.807) is 23.2 Å². The number of imidazole rings is 1. The minimum Gasteiger partial charge on any atom is -0.334 e. The third-order valence-corrected chi connectivity index (χ3v) is 5.24. The van der Waals surface area contributed by atoms with Crippen LogP contribution in [0, 0.1) is 0 Å². The van der Waals surface area contributed by atoms with E-state index in [0.717, 1.165) is 17.7 Å². The first-order valence-electron chi connectivity index (χ1n) is 7.64. The van der Waals surface area contributed by atoms with Crippen molar-refractivity contribution in [1.29, 1.82) is 0 Å². The van der Waals surface area contributed by atoms with Gasteiger partial charge in [0, 0.05) is 24.9 Å². The number of hydrogen-bond donors (Lipinski definition) is 1. The van der Waals surface area contributed by atoms with E-state index in [1.807, 2.05) is 19.1 Å². The fraction of sp³-hybridized carbons (Fsp3) is 0.235. The molecule has 7 heteroatoms. The molecule has 0 radical (unpaired) electrons. The van der Waals surface area contributed by atoms with E-state index < -0.39 is 0 Å². The van der Waals surface area contributed by atoms with Crippen LogP contribution >= 0.6 is 23.2 Å². The van der Waals surface area contributed by atoms with Crippen LogP contribution in [-0.2, 0) is 6.42 Å². The average molecular weight is 361 g/mol. The lowest BCUT2D eigenvalue weighted by Gasteiger charge is -2.34. The van der Waals surface area contributed by atoms with Gasteiger partial charge in [0.05, 0.1) is 21.6 Å². The highest BCUT2D eigenvalue weighted by molar-refractivity contribution is 6.44. The van der Waals surface area contributed by atoms with Crippen molar-refractivity contribution in [2.75, 3.05) is 6.54 Å². The number of benzene rings is 1. The van der Waals surface area contributed by atoms with Crippen molar-refractivity contribution in [3.8, 4) is 0 Å². The zero-order valence-electron chi connectivity index (χ0n) is 12.9. The lowest BCUT2D eigenvalue weighted by atomic mass is 9.98. The Hall–Kier alpha value is -2.11. The van der Waals surface area contributed by atoms with Gasteiger partial charge in [-0.2, -0.15) is 0 Å². The van der Waals surface area contributed by atoms with Crippen molar-refractivity contribution in [1.82, 2.24) is 19.9 Å². The Kier molecular flexibility index (Phi) is 3.70. The van der Waals surface area contributed by atoms with Crippen molar-refractivity contribution >= 4 is 40.1 Å². The van der Waals surface area contributed by atoms with Crippen LogP contribution in [0.15, 0.2) is 30.5 Å². The fourth-order valence-corrected chi connectivity index (χ4v) is 3.52. The molecule has 0 saturated heterocycles. The Morgan fingerprint density at radius 1 is 1.33 bits per heavy atom. The second kappa shape index (κ2) is 5.76. The molecule has 4 rings (SSSR count). The molecule has 0 bridgehead atoms. The van der Waals surface area contributed by atoms with Crippen LogP contribution < -0.4 is 0 Å². The highest BCUT2D eigenvalue weighted by Crippen LogP contribution is 2.31.